The number of hydrogen-bond donors (Lipinski definition) is 0. The Morgan fingerprint density at radius 2 is 0.566 bits per heavy atom. The van der Waals surface area contributed by atoms with Crippen molar-refractivity contribution in [3.8, 4) is 0 Å². The smallest absolute Gasteiger partial charge is 0.0594 e. The van der Waals surface area contributed by atoms with Crippen LogP contribution < -0.4 is 0 Å². The van der Waals surface area contributed by atoms with Gasteiger partial charge in [-0.15, -0.1) is 0 Å². The summed E-state index contributed by atoms with van der Waals surface area (Å²) in [5, 5.41) is 0. The molecular formula is C84H172N14O. The molecule has 12 fully saturated rings. The quantitative estimate of drug-likeness (QED) is 0.268. The molecule has 12 aliphatic heterocycles. The first kappa shape index (κ1) is 87.3. The van der Waals surface area contributed by atoms with Gasteiger partial charge in [-0.25, -0.2) is 0 Å². The lowest BCUT2D eigenvalue weighted by Gasteiger charge is -2.54. The molecule has 0 aliphatic carbocycles. The van der Waals surface area contributed by atoms with E-state index in [4.69, 9.17) is 4.74 Å². The summed E-state index contributed by atoms with van der Waals surface area (Å²) in [5.41, 5.74) is 3.22. The zero-order valence-corrected chi connectivity index (χ0v) is 71.1. The molecule has 0 N–H and O–H groups in total. The van der Waals surface area contributed by atoms with Gasteiger partial charge in [0.05, 0.1) is 13.2 Å². The monoisotopic (exact) mass is 1390 g/mol. The first-order valence-corrected chi connectivity index (χ1v) is 41.9. The van der Waals surface area contributed by atoms with Crippen molar-refractivity contribution in [1.82, 2.24) is 68.6 Å². The second-order valence-electron chi connectivity index (χ2n) is 40.6. The number of hydrogen-bond acceptors (Lipinski definition) is 15. The van der Waals surface area contributed by atoms with E-state index in [1.807, 2.05) is 0 Å². The molecule has 0 unspecified atom stereocenters. The third-order valence-electron chi connectivity index (χ3n) is 25.7. The predicted molar refractivity (Wildman–Crippen MR) is 430 cm³/mol. The molecule has 0 saturated carbocycles. The summed E-state index contributed by atoms with van der Waals surface area (Å²) in [6, 6.07) is 4.29. The van der Waals surface area contributed by atoms with Crippen LogP contribution in [0.2, 0.25) is 0 Å². The standard InChI is InChI=1S/C14H29N3.C14H28N2.C13H26N2.2C12H24N2.C11H24N2.C8H17NO/c1-14(2,3)17-7-5-13(6-8-17)16-11-9-15(4)10-12-16;1-14(2,3)16-11-7-13(8-12-16)15-9-5-4-6-10-15;1-13(2,3)15-10-6-12(7-11-15)14-8-4-5-9-14;1-11(2,3)14-7-5-12(6-8-14)9-13(4)10-12;1-12(2,3)14-9-8-13-7-5-4-6-11(13)10-14;1-11(2,3)13-8-6-10(7-9-13)12(4)5;1-8(2,3)9-4-6-10-7-5-9/h13H,5-12H2,1-4H3;13H,4-12H2,1-3H3;12H,4-11H2,1-3H3;5-10H2,1-4H3;11H,4-10H2,1-3H3;10H,6-9H2,1-5H3;4-7H2,1-3H3/t;;;;11-;;/m....1../s1. The number of nitrogens with zero attached hydrogens (tertiary/aromatic N) is 14. The lowest BCUT2D eigenvalue weighted by molar-refractivity contribution is -0.0494. The maximum atomic E-state index is 5.25. The first-order valence-electron chi connectivity index (χ1n) is 41.9. The van der Waals surface area contributed by atoms with Crippen molar-refractivity contribution in [3.63, 3.8) is 0 Å². The van der Waals surface area contributed by atoms with Gasteiger partial charge in [0, 0.05) is 193 Å². The Morgan fingerprint density at radius 3 is 0.899 bits per heavy atom. The summed E-state index contributed by atoms with van der Waals surface area (Å²) in [6.07, 6.45) is 25.2. The van der Waals surface area contributed by atoms with Gasteiger partial charge in [-0.2, -0.15) is 0 Å². The minimum Gasteiger partial charge on any atom is -0.379 e. The number of rotatable bonds is 4. The minimum atomic E-state index is 0.323. The van der Waals surface area contributed by atoms with Crippen molar-refractivity contribution in [2.45, 2.75) is 330 Å². The van der Waals surface area contributed by atoms with E-state index in [1.54, 1.807) is 0 Å². The molecule has 15 nitrogen and oxygen atoms in total. The van der Waals surface area contributed by atoms with E-state index in [0.717, 1.165) is 56.5 Å². The summed E-state index contributed by atoms with van der Waals surface area (Å²) in [4.78, 5) is 36.4. The highest BCUT2D eigenvalue weighted by molar-refractivity contribution is 4.99. The van der Waals surface area contributed by atoms with Crippen molar-refractivity contribution in [2.75, 3.05) is 212 Å². The van der Waals surface area contributed by atoms with Crippen LogP contribution in [0.1, 0.15) is 261 Å². The molecule has 584 valence electrons. The van der Waals surface area contributed by atoms with Crippen molar-refractivity contribution in [1.29, 1.82) is 0 Å². The van der Waals surface area contributed by atoms with E-state index in [0.29, 0.717) is 44.2 Å². The predicted octanol–water partition coefficient (Wildman–Crippen LogP) is 13.3. The Morgan fingerprint density at radius 1 is 0.273 bits per heavy atom. The maximum absolute atomic E-state index is 5.25. The summed E-state index contributed by atoms with van der Waals surface area (Å²) in [7, 11) is 8.86. The van der Waals surface area contributed by atoms with E-state index < -0.39 is 0 Å². The van der Waals surface area contributed by atoms with Gasteiger partial charge in [0.15, 0.2) is 0 Å². The van der Waals surface area contributed by atoms with Gasteiger partial charge in [-0.05, 0) is 328 Å². The first-order chi connectivity index (χ1) is 46.1. The summed E-state index contributed by atoms with van der Waals surface area (Å²) in [5.74, 6) is 0. The van der Waals surface area contributed by atoms with Crippen LogP contribution in [0.4, 0.5) is 0 Å². The normalized spacial score (nSPS) is 27.2. The molecule has 99 heavy (non-hydrogen) atoms. The second-order valence-corrected chi connectivity index (χ2v) is 40.6. The van der Waals surface area contributed by atoms with E-state index in [1.165, 1.54) is 273 Å². The van der Waals surface area contributed by atoms with Crippen molar-refractivity contribution >= 4 is 0 Å². The van der Waals surface area contributed by atoms with Crippen LogP contribution in [-0.4, -0.2) is 349 Å². The largest absolute Gasteiger partial charge is 0.379 e. The highest BCUT2D eigenvalue weighted by Crippen LogP contribution is 2.41. The number of likely N-dealkylation sites (N-methyl/N-ethyl adjacent to an activating group) is 1. The van der Waals surface area contributed by atoms with Gasteiger partial charge in [0.25, 0.3) is 0 Å². The number of ether oxygens (including phenoxy) is 1. The van der Waals surface area contributed by atoms with E-state index >= 15 is 0 Å². The van der Waals surface area contributed by atoms with Crippen LogP contribution in [0.3, 0.4) is 0 Å². The Hall–Kier alpha value is -0.600. The molecule has 0 bridgehead atoms. The van der Waals surface area contributed by atoms with Crippen LogP contribution in [0.5, 0.6) is 0 Å². The molecule has 1 atom stereocenters. The lowest BCUT2D eigenvalue weighted by Crippen LogP contribution is -2.60. The molecule has 12 aliphatic rings. The fraction of sp³-hybridized carbons (Fsp3) is 1.00. The fourth-order valence-corrected chi connectivity index (χ4v) is 18.4. The number of fused-ring (bicyclic) bond motifs is 1. The molecule has 0 amide bonds. The minimum absolute atomic E-state index is 0.323. The number of piperidine rings is 7. The highest BCUT2D eigenvalue weighted by Gasteiger charge is 2.45. The van der Waals surface area contributed by atoms with Crippen LogP contribution in [0, 0.1) is 5.41 Å². The fourth-order valence-electron chi connectivity index (χ4n) is 18.4. The van der Waals surface area contributed by atoms with Gasteiger partial charge in [0.1, 0.15) is 0 Å². The van der Waals surface area contributed by atoms with Gasteiger partial charge >= 0.3 is 0 Å². The van der Waals surface area contributed by atoms with Crippen LogP contribution >= 0.6 is 0 Å². The topological polar surface area (TPSA) is 54.6 Å². The number of likely N-dealkylation sites (tertiary alicyclic amines) is 8. The molecular weight excluding hydrogens is 1220 g/mol. The lowest BCUT2D eigenvalue weighted by atomic mass is 9.72. The van der Waals surface area contributed by atoms with Gasteiger partial charge < -0.3 is 29.2 Å². The van der Waals surface area contributed by atoms with Crippen molar-refractivity contribution in [2.24, 2.45) is 5.41 Å². The van der Waals surface area contributed by atoms with Crippen LogP contribution in [0.15, 0.2) is 0 Å². The molecule has 12 saturated heterocycles. The zero-order chi connectivity index (χ0) is 73.2. The Kier molecular flexibility index (Phi) is 34.8. The summed E-state index contributed by atoms with van der Waals surface area (Å²) < 4.78 is 5.25. The van der Waals surface area contributed by atoms with E-state index in [2.05, 4.69) is 242 Å². The second kappa shape index (κ2) is 39.5. The molecule has 1 spiro atoms. The molecule has 12 rings (SSSR count). The van der Waals surface area contributed by atoms with E-state index in [-0.39, 0.29) is 0 Å². The molecule has 12 heterocycles. The summed E-state index contributed by atoms with van der Waals surface area (Å²) in [6.45, 7) is 83.9. The molecule has 0 aromatic rings. The zero-order valence-electron chi connectivity index (χ0n) is 71.1. The van der Waals surface area contributed by atoms with Crippen LogP contribution in [-0.2, 0) is 4.74 Å². The molecule has 15 heteroatoms. The molecule has 0 aromatic carbocycles. The van der Waals surface area contributed by atoms with Crippen molar-refractivity contribution in [3.05, 3.63) is 0 Å². The van der Waals surface area contributed by atoms with Crippen molar-refractivity contribution < 1.29 is 4.74 Å². The van der Waals surface area contributed by atoms with E-state index in [9.17, 15) is 0 Å². The average Bonchev–Trinajstić information content (AvgIpc) is 0.783. The van der Waals surface area contributed by atoms with Gasteiger partial charge in [0.2, 0.25) is 0 Å². The summed E-state index contributed by atoms with van der Waals surface area (Å²) >= 11 is 0. The van der Waals surface area contributed by atoms with Gasteiger partial charge in [-0.3, -0.25) is 44.1 Å². The van der Waals surface area contributed by atoms with Crippen LogP contribution in [0.25, 0.3) is 0 Å². The third kappa shape index (κ3) is 29.8. The third-order valence-corrected chi connectivity index (χ3v) is 25.7. The SMILES string of the molecule is CC(C)(C)N1CCC(N2CCCC2)CC1.CC(C)(C)N1CCC(N2CCCCC2)CC1.CC(C)(C)N1CCN2CCCC[C@@H]2C1.CC(C)(C)N1CCOCC1.CN(C)C1CCN(C(C)(C)C)CC1.CN1CC2(CCN(C(C)(C)C)CC2)C1.CN1CCN(C2CCN(C(C)(C)C)CC2)CC1. The maximum Gasteiger partial charge on any atom is 0.0594 e. The number of morpholine rings is 1. The molecule has 0 radical (unpaired) electrons. The number of piperazine rings is 2. The Bertz CT molecular complexity index is 2120. The Balaban J connectivity index is 0.000000183. The Labute approximate surface area is 617 Å². The highest BCUT2D eigenvalue weighted by atomic mass is 16.5. The molecule has 0 aromatic heterocycles. The average molecular weight is 1390 g/mol. The van der Waals surface area contributed by atoms with Gasteiger partial charge in [-0.1, -0.05) is 12.8 Å².